The van der Waals surface area contributed by atoms with Gasteiger partial charge in [-0.15, -0.1) is 10.2 Å². The molecular weight excluding hydrogens is 348 g/mol. The van der Waals surface area contributed by atoms with Crippen molar-refractivity contribution in [1.82, 2.24) is 30.3 Å². The van der Waals surface area contributed by atoms with Gasteiger partial charge in [0, 0.05) is 45.5 Å². The summed E-state index contributed by atoms with van der Waals surface area (Å²) in [6.07, 6.45) is 4.23. The molecule has 1 atom stereocenters. The molecular formula is C18H24N6O3. The van der Waals surface area contributed by atoms with Crippen LogP contribution in [0.1, 0.15) is 30.7 Å². The monoisotopic (exact) mass is 372 g/mol. The number of hydrogen-bond donors (Lipinski definition) is 1. The van der Waals surface area contributed by atoms with E-state index in [1.807, 2.05) is 24.0 Å². The first kappa shape index (κ1) is 19.0. The fourth-order valence-corrected chi connectivity index (χ4v) is 3.01. The molecule has 0 aromatic carbocycles. The molecule has 0 radical (unpaired) electrons. The number of hydrogen-bond acceptors (Lipinski definition) is 7. The summed E-state index contributed by atoms with van der Waals surface area (Å²) < 4.78 is 5.45. The molecule has 9 nitrogen and oxygen atoms in total. The number of aromatic nitrogens is 3. The van der Waals surface area contributed by atoms with Crippen molar-refractivity contribution >= 4 is 11.8 Å². The minimum Gasteiger partial charge on any atom is -0.423 e. The van der Waals surface area contributed by atoms with Gasteiger partial charge in [-0.05, 0) is 11.6 Å². The Balaban J connectivity index is 1.62. The molecule has 2 amide bonds. The zero-order valence-corrected chi connectivity index (χ0v) is 15.6. The second-order valence-electron chi connectivity index (χ2n) is 6.54. The Morgan fingerprint density at radius 1 is 1.41 bits per heavy atom. The van der Waals surface area contributed by atoms with Gasteiger partial charge in [0.05, 0.1) is 19.0 Å². The molecule has 1 aliphatic heterocycles. The van der Waals surface area contributed by atoms with Gasteiger partial charge in [-0.2, -0.15) is 0 Å². The van der Waals surface area contributed by atoms with E-state index in [-0.39, 0.29) is 24.8 Å². The van der Waals surface area contributed by atoms with Crippen LogP contribution in [0.4, 0.5) is 0 Å². The van der Waals surface area contributed by atoms with Gasteiger partial charge in [-0.3, -0.25) is 19.5 Å². The van der Waals surface area contributed by atoms with Crippen molar-refractivity contribution in [3.8, 4) is 0 Å². The van der Waals surface area contributed by atoms with Crippen LogP contribution in [0.2, 0.25) is 0 Å². The molecule has 2 aromatic heterocycles. The van der Waals surface area contributed by atoms with Gasteiger partial charge in [0.1, 0.15) is 0 Å². The number of pyridine rings is 1. The maximum absolute atomic E-state index is 12.7. The second kappa shape index (κ2) is 8.72. The predicted molar refractivity (Wildman–Crippen MR) is 96.2 cm³/mol. The molecule has 1 fully saturated rings. The average molecular weight is 372 g/mol. The van der Waals surface area contributed by atoms with Crippen molar-refractivity contribution in [2.45, 2.75) is 38.9 Å². The lowest BCUT2D eigenvalue weighted by atomic mass is 10.1. The smallest absolute Gasteiger partial charge is 0.237 e. The summed E-state index contributed by atoms with van der Waals surface area (Å²) in [4.78, 5) is 32.7. The average Bonchev–Trinajstić information content (AvgIpc) is 3.13. The van der Waals surface area contributed by atoms with E-state index in [9.17, 15) is 9.59 Å². The topological polar surface area (TPSA) is 104 Å². The van der Waals surface area contributed by atoms with Gasteiger partial charge in [-0.25, -0.2) is 0 Å². The van der Waals surface area contributed by atoms with Crippen molar-refractivity contribution in [2.75, 3.05) is 20.1 Å². The molecule has 1 aliphatic rings. The van der Waals surface area contributed by atoms with Crippen LogP contribution in [0, 0.1) is 0 Å². The third kappa shape index (κ3) is 4.88. The molecule has 3 rings (SSSR count). The van der Waals surface area contributed by atoms with Crippen molar-refractivity contribution in [3.63, 3.8) is 0 Å². The maximum Gasteiger partial charge on any atom is 0.237 e. The van der Waals surface area contributed by atoms with E-state index in [1.54, 1.807) is 19.4 Å². The number of carbonyl (C=O) groups excluding carboxylic acids is 2. The van der Waals surface area contributed by atoms with Crippen LogP contribution in [-0.2, 0) is 29.1 Å². The molecule has 0 aliphatic carbocycles. The van der Waals surface area contributed by atoms with Crippen LogP contribution in [0.25, 0.3) is 0 Å². The zero-order valence-electron chi connectivity index (χ0n) is 15.6. The summed E-state index contributed by atoms with van der Waals surface area (Å²) in [5.74, 6) is 0.658. The number of piperazine rings is 1. The van der Waals surface area contributed by atoms with E-state index in [1.165, 1.54) is 4.90 Å². The highest BCUT2D eigenvalue weighted by molar-refractivity contribution is 5.88. The highest BCUT2D eigenvalue weighted by atomic mass is 16.4. The van der Waals surface area contributed by atoms with E-state index < -0.39 is 6.04 Å². The molecule has 0 bridgehead atoms. The Bertz CT molecular complexity index is 778. The predicted octanol–water partition coefficient (Wildman–Crippen LogP) is 0.376. The molecule has 144 valence electrons. The second-order valence-corrected chi connectivity index (χ2v) is 6.54. The third-order valence-electron chi connectivity index (χ3n) is 4.53. The van der Waals surface area contributed by atoms with Crippen LogP contribution in [-0.4, -0.2) is 63.0 Å². The summed E-state index contributed by atoms with van der Waals surface area (Å²) in [5, 5.41) is 10.7. The molecule has 9 heteroatoms. The molecule has 0 saturated carbocycles. The van der Waals surface area contributed by atoms with E-state index in [0.717, 1.165) is 5.56 Å². The van der Waals surface area contributed by atoms with Gasteiger partial charge in [0.2, 0.25) is 23.6 Å². The Hall–Kier alpha value is -2.81. The summed E-state index contributed by atoms with van der Waals surface area (Å²) in [6.45, 7) is 3.98. The largest absolute Gasteiger partial charge is 0.423 e. The van der Waals surface area contributed by atoms with Crippen molar-refractivity contribution in [1.29, 1.82) is 0 Å². The summed E-state index contributed by atoms with van der Waals surface area (Å²) >= 11 is 0. The minimum absolute atomic E-state index is 0.0946. The van der Waals surface area contributed by atoms with Gasteiger partial charge in [0.15, 0.2) is 0 Å². The van der Waals surface area contributed by atoms with Crippen molar-refractivity contribution in [3.05, 3.63) is 41.9 Å². The SMILES string of the molecule is CCc1nnc(CN(C)C(=O)C[C@@H]2C(=O)NCCN2Cc2cccnc2)o1. The third-order valence-corrected chi connectivity index (χ3v) is 4.53. The molecule has 0 unspecified atom stereocenters. The van der Waals surface area contributed by atoms with E-state index in [2.05, 4.69) is 20.5 Å². The van der Waals surface area contributed by atoms with Gasteiger partial charge in [0.25, 0.3) is 0 Å². The lowest BCUT2D eigenvalue weighted by Crippen LogP contribution is -2.56. The molecule has 1 N–H and O–H groups in total. The summed E-state index contributed by atoms with van der Waals surface area (Å²) in [7, 11) is 1.67. The Morgan fingerprint density at radius 3 is 2.93 bits per heavy atom. The summed E-state index contributed by atoms with van der Waals surface area (Å²) in [5.41, 5.74) is 1.01. The molecule has 0 spiro atoms. The lowest BCUT2D eigenvalue weighted by Gasteiger charge is -2.35. The number of nitrogens with zero attached hydrogens (tertiary/aromatic N) is 5. The molecule has 2 aromatic rings. The van der Waals surface area contributed by atoms with E-state index in [0.29, 0.717) is 37.8 Å². The van der Waals surface area contributed by atoms with Crippen LogP contribution < -0.4 is 5.32 Å². The first-order valence-corrected chi connectivity index (χ1v) is 9.02. The molecule has 1 saturated heterocycles. The van der Waals surface area contributed by atoms with Crippen LogP contribution in [0.5, 0.6) is 0 Å². The van der Waals surface area contributed by atoms with Gasteiger partial charge < -0.3 is 14.6 Å². The Morgan fingerprint density at radius 2 is 2.22 bits per heavy atom. The van der Waals surface area contributed by atoms with Crippen LogP contribution in [0.15, 0.2) is 28.9 Å². The highest BCUT2D eigenvalue weighted by Crippen LogP contribution is 2.15. The number of rotatable bonds is 7. The number of amides is 2. The number of carbonyl (C=O) groups is 2. The Kier molecular flexibility index (Phi) is 6.12. The standard InChI is InChI=1S/C18H24N6O3/c1-3-15-21-22-16(27-15)12-23(2)17(25)9-14-18(26)20-7-8-24(14)11-13-5-4-6-19-10-13/h4-6,10,14H,3,7-9,11-12H2,1-2H3,(H,20,26)/t14-/m1/s1. The quantitative estimate of drug-likeness (QED) is 0.749. The fraction of sp³-hybridized carbons (Fsp3) is 0.500. The van der Waals surface area contributed by atoms with Gasteiger partial charge in [-0.1, -0.05) is 13.0 Å². The Labute approximate surface area is 157 Å². The minimum atomic E-state index is -0.511. The first-order chi connectivity index (χ1) is 13.1. The van der Waals surface area contributed by atoms with Gasteiger partial charge >= 0.3 is 0 Å². The number of nitrogens with one attached hydrogen (secondary N) is 1. The number of aryl methyl sites for hydroxylation is 1. The van der Waals surface area contributed by atoms with Crippen LogP contribution in [0.3, 0.4) is 0 Å². The van der Waals surface area contributed by atoms with Crippen LogP contribution >= 0.6 is 0 Å². The van der Waals surface area contributed by atoms with Crippen molar-refractivity contribution < 1.29 is 14.0 Å². The highest BCUT2D eigenvalue weighted by Gasteiger charge is 2.32. The lowest BCUT2D eigenvalue weighted by molar-refractivity contribution is -0.138. The first-order valence-electron chi connectivity index (χ1n) is 9.02. The van der Waals surface area contributed by atoms with E-state index >= 15 is 0 Å². The normalized spacial score (nSPS) is 17.6. The zero-order chi connectivity index (χ0) is 19.2. The molecule has 27 heavy (non-hydrogen) atoms. The van der Waals surface area contributed by atoms with Crippen molar-refractivity contribution in [2.24, 2.45) is 0 Å². The summed E-state index contributed by atoms with van der Waals surface area (Å²) in [6, 6.07) is 3.32. The fourth-order valence-electron chi connectivity index (χ4n) is 3.01. The van der Waals surface area contributed by atoms with E-state index in [4.69, 9.17) is 4.42 Å². The molecule has 3 heterocycles. The maximum atomic E-state index is 12.7.